The summed E-state index contributed by atoms with van der Waals surface area (Å²) >= 11 is 0. The Kier molecular flexibility index (Phi) is 6.03. The molecule has 0 aromatic rings. The van der Waals surface area contributed by atoms with Crippen LogP contribution in [-0.2, 0) is 14.3 Å². The molecule has 9 unspecified atom stereocenters. The molecule has 1 aliphatic heterocycles. The van der Waals surface area contributed by atoms with E-state index in [0.29, 0.717) is 30.1 Å². The fraction of sp³-hybridized carbons (Fsp3) is 0.962. The van der Waals surface area contributed by atoms with Crippen molar-refractivity contribution in [2.45, 2.75) is 76.9 Å². The van der Waals surface area contributed by atoms with Crippen molar-refractivity contribution < 1.29 is 19.4 Å². The summed E-state index contributed by atoms with van der Waals surface area (Å²) in [4.78, 5) is 15.7. The van der Waals surface area contributed by atoms with Gasteiger partial charge in [-0.25, -0.2) is 0 Å². The van der Waals surface area contributed by atoms with Gasteiger partial charge >= 0.3 is 0 Å². The molecule has 0 aromatic heterocycles. The third kappa shape index (κ3) is 3.82. The van der Waals surface area contributed by atoms with E-state index in [1.165, 1.54) is 32.1 Å². The summed E-state index contributed by atoms with van der Waals surface area (Å²) in [7, 11) is 1.76. The number of rotatable bonds is 4. The van der Waals surface area contributed by atoms with Crippen LogP contribution in [0.1, 0.15) is 65.2 Å². The summed E-state index contributed by atoms with van der Waals surface area (Å²) < 4.78 is 11.2. The molecule has 0 spiro atoms. The van der Waals surface area contributed by atoms with Crippen LogP contribution < -0.4 is 0 Å². The lowest BCUT2D eigenvalue weighted by Gasteiger charge is -2.58. The fourth-order valence-electron chi connectivity index (χ4n) is 8.99. The van der Waals surface area contributed by atoms with E-state index in [2.05, 4.69) is 11.8 Å². The number of nitrogens with zero attached hydrogens (tertiary/aromatic N) is 1. The summed E-state index contributed by atoms with van der Waals surface area (Å²) in [6.45, 7) is 8.38. The predicted octanol–water partition coefficient (Wildman–Crippen LogP) is 3.53. The van der Waals surface area contributed by atoms with Gasteiger partial charge in [-0.2, -0.15) is 0 Å². The van der Waals surface area contributed by atoms with Gasteiger partial charge in [0.2, 0.25) is 0 Å². The molecule has 5 aliphatic rings. The highest BCUT2D eigenvalue weighted by molar-refractivity contribution is 5.84. The number of hydrogen-bond donors (Lipinski definition) is 1. The lowest BCUT2D eigenvalue weighted by Crippen LogP contribution is -2.55. The molecular weight excluding hydrogens is 390 g/mol. The highest BCUT2D eigenvalue weighted by Crippen LogP contribution is 2.64. The zero-order valence-corrected chi connectivity index (χ0v) is 19.9. The van der Waals surface area contributed by atoms with E-state index < -0.39 is 5.60 Å². The van der Waals surface area contributed by atoms with Crippen LogP contribution in [-0.4, -0.2) is 67.5 Å². The van der Waals surface area contributed by atoms with E-state index in [1.54, 1.807) is 7.11 Å². The first-order valence-corrected chi connectivity index (χ1v) is 12.9. The molecule has 4 saturated carbocycles. The molecule has 1 N–H and O–H groups in total. The van der Waals surface area contributed by atoms with Crippen LogP contribution in [0.3, 0.4) is 0 Å². The van der Waals surface area contributed by atoms with Gasteiger partial charge in [0.05, 0.1) is 31.5 Å². The molecule has 9 atom stereocenters. The van der Waals surface area contributed by atoms with Crippen LogP contribution in [0.25, 0.3) is 0 Å². The number of carbonyl (C=O) groups is 1. The van der Waals surface area contributed by atoms with E-state index in [9.17, 15) is 9.90 Å². The molecule has 0 aromatic carbocycles. The zero-order chi connectivity index (χ0) is 21.8. The maximum atomic E-state index is 13.4. The molecule has 176 valence electrons. The number of carbonyl (C=O) groups excluding carboxylic acids is 1. The van der Waals surface area contributed by atoms with Crippen molar-refractivity contribution in [1.82, 2.24) is 4.90 Å². The Morgan fingerprint density at radius 1 is 1.06 bits per heavy atom. The average molecular weight is 434 g/mol. The van der Waals surface area contributed by atoms with Gasteiger partial charge in [0.25, 0.3) is 0 Å². The highest BCUT2D eigenvalue weighted by Gasteiger charge is 2.59. The van der Waals surface area contributed by atoms with Crippen LogP contribution >= 0.6 is 0 Å². The molecule has 1 heterocycles. The molecule has 0 amide bonds. The van der Waals surface area contributed by atoms with Gasteiger partial charge in [-0.3, -0.25) is 9.69 Å². The van der Waals surface area contributed by atoms with Gasteiger partial charge in [0.1, 0.15) is 5.78 Å². The molecule has 4 aliphatic carbocycles. The normalized spacial score (nSPS) is 50.4. The summed E-state index contributed by atoms with van der Waals surface area (Å²) in [5.74, 6) is 4.31. The van der Waals surface area contributed by atoms with E-state index >= 15 is 0 Å². The summed E-state index contributed by atoms with van der Waals surface area (Å²) in [6.07, 6.45) is 9.21. The number of ketones is 1. The Morgan fingerprint density at radius 3 is 2.58 bits per heavy atom. The number of hydrogen-bond acceptors (Lipinski definition) is 5. The minimum Gasteiger partial charge on any atom is -0.387 e. The van der Waals surface area contributed by atoms with Gasteiger partial charge in [-0.05, 0) is 93.3 Å². The van der Waals surface area contributed by atoms with Crippen LogP contribution in [0.5, 0.6) is 0 Å². The minimum atomic E-state index is -0.684. The van der Waals surface area contributed by atoms with Crippen LogP contribution in [0.15, 0.2) is 0 Å². The molecule has 5 rings (SSSR count). The molecule has 5 heteroatoms. The first kappa shape index (κ1) is 22.3. The van der Waals surface area contributed by atoms with Crippen LogP contribution in [0.2, 0.25) is 0 Å². The van der Waals surface area contributed by atoms with Crippen LogP contribution in [0, 0.1) is 40.9 Å². The zero-order valence-electron chi connectivity index (χ0n) is 19.9. The Labute approximate surface area is 188 Å². The van der Waals surface area contributed by atoms with Crippen molar-refractivity contribution in [2.75, 3.05) is 40.0 Å². The number of Topliss-reactive ketones (excluding diaryl/α,β-unsaturated/α-hetero) is 1. The summed E-state index contributed by atoms with van der Waals surface area (Å²) in [6, 6.07) is 0. The molecule has 31 heavy (non-hydrogen) atoms. The second-order valence-corrected chi connectivity index (χ2v) is 12.0. The van der Waals surface area contributed by atoms with E-state index in [0.717, 1.165) is 57.4 Å². The van der Waals surface area contributed by atoms with Crippen molar-refractivity contribution in [3.63, 3.8) is 0 Å². The monoisotopic (exact) mass is 433 g/mol. The first-order chi connectivity index (χ1) is 14.8. The number of ether oxygens (including phenoxy) is 2. The quantitative estimate of drug-likeness (QED) is 0.735. The number of aliphatic hydroxyl groups is 1. The molecule has 0 radical (unpaired) electrons. The summed E-state index contributed by atoms with van der Waals surface area (Å²) in [5.41, 5.74) is -0.492. The lowest BCUT2D eigenvalue weighted by molar-refractivity contribution is -0.165. The topological polar surface area (TPSA) is 59.0 Å². The molecule has 1 saturated heterocycles. The Hall–Kier alpha value is -0.490. The molecular formula is C26H43NO4. The SMILES string of the molecule is COC1CC2C(CCC3C2CCC2(C)C(C(=O)CN4CCOCC4)CCC32)CC1(C)O. The smallest absolute Gasteiger partial charge is 0.150 e. The molecule has 0 bridgehead atoms. The molecule has 5 nitrogen and oxygen atoms in total. The van der Waals surface area contributed by atoms with Crippen molar-refractivity contribution in [3.8, 4) is 0 Å². The van der Waals surface area contributed by atoms with Crippen molar-refractivity contribution in [2.24, 2.45) is 40.9 Å². The Morgan fingerprint density at radius 2 is 1.84 bits per heavy atom. The Balaban J connectivity index is 1.29. The summed E-state index contributed by atoms with van der Waals surface area (Å²) in [5, 5.41) is 10.9. The average Bonchev–Trinajstić information content (AvgIpc) is 3.10. The van der Waals surface area contributed by atoms with Crippen molar-refractivity contribution >= 4 is 5.78 Å². The highest BCUT2D eigenvalue weighted by atomic mass is 16.5. The van der Waals surface area contributed by atoms with E-state index in [4.69, 9.17) is 9.47 Å². The first-order valence-electron chi connectivity index (χ1n) is 12.9. The van der Waals surface area contributed by atoms with E-state index in [-0.39, 0.29) is 17.4 Å². The third-order valence-electron chi connectivity index (χ3n) is 10.5. The lowest BCUT2D eigenvalue weighted by atomic mass is 9.48. The fourth-order valence-corrected chi connectivity index (χ4v) is 8.99. The van der Waals surface area contributed by atoms with Crippen LogP contribution in [0.4, 0.5) is 0 Å². The van der Waals surface area contributed by atoms with Gasteiger partial charge < -0.3 is 14.6 Å². The number of morpholine rings is 1. The maximum Gasteiger partial charge on any atom is 0.150 e. The third-order valence-corrected chi connectivity index (χ3v) is 10.5. The van der Waals surface area contributed by atoms with Gasteiger partial charge in [-0.1, -0.05) is 6.92 Å². The van der Waals surface area contributed by atoms with Gasteiger partial charge in [-0.15, -0.1) is 0 Å². The second kappa shape index (κ2) is 8.38. The van der Waals surface area contributed by atoms with Crippen molar-refractivity contribution in [1.29, 1.82) is 0 Å². The number of methoxy groups -OCH3 is 1. The number of fused-ring (bicyclic) bond motifs is 5. The predicted molar refractivity (Wildman–Crippen MR) is 120 cm³/mol. The Bertz CT molecular complexity index is 674. The second-order valence-electron chi connectivity index (χ2n) is 12.0. The molecule has 5 fully saturated rings. The minimum absolute atomic E-state index is 0.0350. The van der Waals surface area contributed by atoms with Gasteiger partial charge in [0, 0.05) is 26.1 Å². The standard InChI is InChI=1S/C26H43NO4/c1-25-9-8-18-19(5-4-17-15-26(2,29)24(30-3)14-20(17)18)21(25)6-7-22(25)23(28)16-27-10-12-31-13-11-27/h17-22,24,29H,4-16H2,1-3H3. The van der Waals surface area contributed by atoms with E-state index in [1.807, 2.05) is 6.92 Å². The van der Waals surface area contributed by atoms with Gasteiger partial charge in [0.15, 0.2) is 0 Å². The largest absolute Gasteiger partial charge is 0.387 e. The maximum absolute atomic E-state index is 13.4. The van der Waals surface area contributed by atoms with Crippen molar-refractivity contribution in [3.05, 3.63) is 0 Å².